The van der Waals surface area contributed by atoms with Crippen molar-refractivity contribution >= 4 is 11.5 Å². The molecule has 2 N–H and O–H groups in total. The number of rotatable bonds is 1. The Morgan fingerprint density at radius 1 is 1.53 bits per heavy atom. The van der Waals surface area contributed by atoms with Crippen molar-refractivity contribution in [2.75, 3.05) is 5.73 Å². The van der Waals surface area contributed by atoms with Gasteiger partial charge in [0.2, 0.25) is 5.95 Å². The number of fused-ring (bicyclic) bond motifs is 1. The second kappa shape index (κ2) is 3.45. The predicted molar refractivity (Wildman–Crippen MR) is 61.9 cm³/mol. The molecule has 0 unspecified atom stereocenters. The van der Waals surface area contributed by atoms with Crippen molar-refractivity contribution in [3.8, 4) is 12.3 Å². The van der Waals surface area contributed by atoms with Gasteiger partial charge in [0.25, 0.3) is 0 Å². The first-order valence-electron chi connectivity index (χ1n) is 5.51. The Balaban J connectivity index is 2.36. The zero-order valence-corrected chi connectivity index (χ0v) is 9.15. The van der Waals surface area contributed by atoms with Gasteiger partial charge in [0, 0.05) is 5.92 Å². The predicted octanol–water partition coefficient (Wildman–Crippen LogP) is 1.70. The molecule has 17 heavy (non-hydrogen) atoms. The van der Waals surface area contributed by atoms with Gasteiger partial charge in [-0.2, -0.15) is 0 Å². The van der Waals surface area contributed by atoms with Gasteiger partial charge in [-0.1, -0.05) is 12.3 Å². The Morgan fingerprint density at radius 3 is 2.88 bits per heavy atom. The fourth-order valence-electron chi connectivity index (χ4n) is 2.24. The Kier molecular flexibility index (Phi) is 2.05. The molecule has 1 fully saturated rings. The molecule has 0 spiro atoms. The second-order valence-corrected chi connectivity index (χ2v) is 4.26. The minimum absolute atomic E-state index is 0.122. The van der Waals surface area contributed by atoms with E-state index in [0.717, 1.165) is 25.0 Å². The van der Waals surface area contributed by atoms with Crippen molar-refractivity contribution in [2.24, 2.45) is 0 Å². The van der Waals surface area contributed by atoms with E-state index in [1.807, 2.05) is 0 Å². The number of aromatic nitrogens is 3. The highest BCUT2D eigenvalue weighted by Gasteiger charge is 2.29. The molecule has 1 saturated carbocycles. The van der Waals surface area contributed by atoms with Gasteiger partial charge in [-0.3, -0.25) is 0 Å². The fourth-order valence-corrected chi connectivity index (χ4v) is 2.24. The molecule has 0 aliphatic heterocycles. The zero-order valence-electron chi connectivity index (χ0n) is 9.15. The molecule has 0 amide bonds. The highest BCUT2D eigenvalue weighted by molar-refractivity contribution is 5.59. The molecule has 86 valence electrons. The summed E-state index contributed by atoms with van der Waals surface area (Å²) in [6.07, 6.45) is 9.94. The summed E-state index contributed by atoms with van der Waals surface area (Å²) in [4.78, 5) is 3.80. The van der Waals surface area contributed by atoms with Crippen LogP contribution in [0.15, 0.2) is 6.20 Å². The van der Waals surface area contributed by atoms with Crippen LogP contribution in [0.5, 0.6) is 0 Å². The quantitative estimate of drug-likeness (QED) is 0.758. The van der Waals surface area contributed by atoms with E-state index < -0.39 is 5.82 Å². The molecule has 0 saturated heterocycles. The summed E-state index contributed by atoms with van der Waals surface area (Å²) in [5.74, 6) is 2.40. The van der Waals surface area contributed by atoms with Crippen LogP contribution < -0.4 is 5.73 Å². The summed E-state index contributed by atoms with van der Waals surface area (Å²) in [5.41, 5.74) is 6.90. The maximum Gasteiger partial charge on any atom is 0.238 e. The van der Waals surface area contributed by atoms with Gasteiger partial charge >= 0.3 is 0 Å². The molecule has 2 aromatic rings. The van der Waals surface area contributed by atoms with Gasteiger partial charge in [0.05, 0.1) is 17.5 Å². The summed E-state index contributed by atoms with van der Waals surface area (Å²) in [5, 5.41) is 4.06. The molecule has 3 rings (SSSR count). The molecule has 4 nitrogen and oxygen atoms in total. The molecule has 0 atom stereocenters. The minimum atomic E-state index is -0.422. The number of nitrogen functional groups attached to an aromatic ring is 1. The largest absolute Gasteiger partial charge is 0.367 e. The van der Waals surface area contributed by atoms with Crippen LogP contribution >= 0.6 is 0 Å². The number of nitrogens with zero attached hydrogens (tertiary/aromatic N) is 3. The Bertz CT molecular complexity index is 634. The van der Waals surface area contributed by atoms with Crippen molar-refractivity contribution in [3.05, 3.63) is 23.3 Å². The molecule has 2 aromatic heterocycles. The van der Waals surface area contributed by atoms with Crippen LogP contribution in [0.25, 0.3) is 5.52 Å². The standard InChI is InChI=1S/C12H11FN4/c1-2-8-10(13)9-6-15-12(14)16-17(9)11(8)7-4-3-5-7/h1,6-7H,3-5H2,(H2,14,16). The number of hydrogen-bond donors (Lipinski definition) is 1. The van der Waals surface area contributed by atoms with E-state index in [9.17, 15) is 4.39 Å². The van der Waals surface area contributed by atoms with Gasteiger partial charge in [0.15, 0.2) is 5.82 Å². The number of terminal acetylenes is 1. The van der Waals surface area contributed by atoms with Gasteiger partial charge in [-0.25, -0.2) is 13.9 Å². The molecule has 2 heterocycles. The zero-order chi connectivity index (χ0) is 12.0. The smallest absolute Gasteiger partial charge is 0.238 e. The van der Waals surface area contributed by atoms with E-state index in [-0.39, 0.29) is 11.9 Å². The van der Waals surface area contributed by atoms with E-state index in [1.165, 1.54) is 10.7 Å². The molecule has 5 heteroatoms. The molecule has 0 aromatic carbocycles. The summed E-state index contributed by atoms with van der Waals surface area (Å²) >= 11 is 0. The molecular formula is C12H11FN4. The van der Waals surface area contributed by atoms with Crippen molar-refractivity contribution in [1.29, 1.82) is 0 Å². The number of hydrogen-bond acceptors (Lipinski definition) is 3. The lowest BCUT2D eigenvalue weighted by Gasteiger charge is -2.25. The Morgan fingerprint density at radius 2 is 2.29 bits per heavy atom. The Labute approximate surface area is 97.6 Å². The minimum Gasteiger partial charge on any atom is -0.367 e. The maximum atomic E-state index is 14.1. The van der Waals surface area contributed by atoms with Crippen LogP contribution in [0.4, 0.5) is 10.3 Å². The van der Waals surface area contributed by atoms with Gasteiger partial charge in [-0.15, -0.1) is 11.5 Å². The van der Waals surface area contributed by atoms with Crippen molar-refractivity contribution < 1.29 is 4.39 Å². The highest BCUT2D eigenvalue weighted by atomic mass is 19.1. The van der Waals surface area contributed by atoms with Crippen LogP contribution in [0.1, 0.15) is 36.4 Å². The first kappa shape index (κ1) is 10.1. The normalized spacial score (nSPS) is 15.8. The van der Waals surface area contributed by atoms with E-state index in [0.29, 0.717) is 11.1 Å². The second-order valence-electron chi connectivity index (χ2n) is 4.26. The lowest BCUT2D eigenvalue weighted by molar-refractivity contribution is 0.404. The van der Waals surface area contributed by atoms with Crippen LogP contribution in [0.2, 0.25) is 0 Å². The van der Waals surface area contributed by atoms with Crippen molar-refractivity contribution in [2.45, 2.75) is 25.2 Å². The topological polar surface area (TPSA) is 56.2 Å². The highest BCUT2D eigenvalue weighted by Crippen LogP contribution is 2.39. The van der Waals surface area contributed by atoms with Gasteiger partial charge < -0.3 is 5.73 Å². The fraction of sp³-hybridized carbons (Fsp3) is 0.333. The van der Waals surface area contributed by atoms with Crippen LogP contribution in [0.3, 0.4) is 0 Å². The van der Waals surface area contributed by atoms with Gasteiger partial charge in [-0.05, 0) is 12.8 Å². The molecule has 0 bridgehead atoms. The number of halogens is 1. The first-order valence-corrected chi connectivity index (χ1v) is 5.51. The lowest BCUT2D eigenvalue weighted by Crippen LogP contribution is -2.14. The lowest BCUT2D eigenvalue weighted by atomic mass is 9.81. The molecule has 1 aliphatic carbocycles. The molecule has 1 aliphatic rings. The van der Waals surface area contributed by atoms with E-state index >= 15 is 0 Å². The number of nitrogens with two attached hydrogens (primary N) is 1. The first-order chi connectivity index (χ1) is 8.22. The Hall–Kier alpha value is -2.09. The number of anilines is 1. The van der Waals surface area contributed by atoms with Crippen molar-refractivity contribution in [1.82, 2.24) is 14.6 Å². The summed E-state index contributed by atoms with van der Waals surface area (Å²) < 4.78 is 15.6. The summed E-state index contributed by atoms with van der Waals surface area (Å²) in [7, 11) is 0. The van der Waals surface area contributed by atoms with Crippen molar-refractivity contribution in [3.63, 3.8) is 0 Å². The van der Waals surface area contributed by atoms with E-state index in [4.69, 9.17) is 12.2 Å². The third-order valence-corrected chi connectivity index (χ3v) is 3.31. The van der Waals surface area contributed by atoms with Crippen LogP contribution in [0, 0.1) is 18.2 Å². The maximum absolute atomic E-state index is 14.1. The molecular weight excluding hydrogens is 219 g/mol. The average molecular weight is 230 g/mol. The summed E-state index contributed by atoms with van der Waals surface area (Å²) in [6, 6.07) is 0. The van der Waals surface area contributed by atoms with Crippen LogP contribution in [-0.4, -0.2) is 14.6 Å². The third-order valence-electron chi connectivity index (χ3n) is 3.31. The van der Waals surface area contributed by atoms with E-state index in [2.05, 4.69) is 16.0 Å². The monoisotopic (exact) mass is 230 g/mol. The SMILES string of the molecule is C#Cc1c(F)c2cnc(N)nn2c1C1CCC1. The molecule has 0 radical (unpaired) electrons. The van der Waals surface area contributed by atoms with Gasteiger partial charge in [0.1, 0.15) is 5.52 Å². The third kappa shape index (κ3) is 1.30. The summed E-state index contributed by atoms with van der Waals surface area (Å²) in [6.45, 7) is 0. The van der Waals surface area contributed by atoms with Crippen LogP contribution in [-0.2, 0) is 0 Å². The van der Waals surface area contributed by atoms with E-state index in [1.54, 1.807) is 0 Å². The average Bonchev–Trinajstić information content (AvgIpc) is 2.50.